The van der Waals surface area contributed by atoms with Crippen molar-refractivity contribution in [1.82, 2.24) is 14.6 Å². The van der Waals surface area contributed by atoms with E-state index in [2.05, 4.69) is 10.3 Å². The number of H-pyrrole nitrogens is 1. The Bertz CT molecular complexity index is 665. The van der Waals surface area contributed by atoms with Crippen molar-refractivity contribution in [3.8, 4) is 11.8 Å². The number of aromatic nitrogens is 1. The maximum absolute atomic E-state index is 11.6. The molecule has 2 amide bonds. The Labute approximate surface area is 112 Å². The Morgan fingerprint density at radius 2 is 2.15 bits per heavy atom. The Morgan fingerprint density at radius 1 is 1.50 bits per heavy atom. The van der Waals surface area contributed by atoms with Crippen LogP contribution >= 0.6 is 0 Å². The third-order valence-corrected chi connectivity index (χ3v) is 3.60. The van der Waals surface area contributed by atoms with Gasteiger partial charge in [-0.3, -0.25) is 19.1 Å². The smallest absolute Gasteiger partial charge is 0.362 e. The van der Waals surface area contributed by atoms with Crippen molar-refractivity contribution in [2.45, 2.75) is 12.5 Å². The van der Waals surface area contributed by atoms with Gasteiger partial charge in [-0.15, -0.1) is 0 Å². The van der Waals surface area contributed by atoms with E-state index in [-0.39, 0.29) is 34.6 Å². The first-order chi connectivity index (χ1) is 9.18. The second-order valence-corrected chi connectivity index (χ2v) is 5.51. The first kappa shape index (κ1) is 14.1. The minimum absolute atomic E-state index is 0.124. The fourth-order valence-corrected chi connectivity index (χ4v) is 2.43. The van der Waals surface area contributed by atoms with Gasteiger partial charge >= 0.3 is 10.3 Å². The molecule has 10 nitrogen and oxygen atoms in total. The van der Waals surface area contributed by atoms with Crippen LogP contribution < -0.4 is 5.32 Å². The zero-order chi connectivity index (χ0) is 15.1. The van der Waals surface area contributed by atoms with Gasteiger partial charge in [-0.05, 0) is 0 Å². The number of hydrogen-bond donors (Lipinski definition) is 5. The van der Waals surface area contributed by atoms with Crippen LogP contribution in [0.4, 0.5) is 0 Å². The molecule has 110 valence electrons. The van der Waals surface area contributed by atoms with Crippen molar-refractivity contribution >= 4 is 22.1 Å². The maximum atomic E-state index is 11.6. The number of β-lactam (4-membered cyclic amide) rings is 1. The van der Waals surface area contributed by atoms with E-state index >= 15 is 0 Å². The van der Waals surface area contributed by atoms with E-state index < -0.39 is 28.2 Å². The lowest BCUT2D eigenvalue weighted by Crippen LogP contribution is -2.65. The summed E-state index contributed by atoms with van der Waals surface area (Å²) >= 11 is 0. The van der Waals surface area contributed by atoms with Crippen molar-refractivity contribution < 1.29 is 32.8 Å². The van der Waals surface area contributed by atoms with E-state index in [0.29, 0.717) is 0 Å². The minimum atomic E-state index is -4.59. The highest BCUT2D eigenvalue weighted by atomic mass is 32.2. The van der Waals surface area contributed by atoms with E-state index in [4.69, 9.17) is 9.66 Å². The van der Waals surface area contributed by atoms with Gasteiger partial charge in [0, 0.05) is 11.6 Å². The van der Waals surface area contributed by atoms with Crippen molar-refractivity contribution in [1.29, 1.82) is 0 Å². The van der Waals surface area contributed by atoms with Gasteiger partial charge in [-0.25, -0.2) is 4.31 Å². The number of nitrogens with zero attached hydrogens (tertiary/aromatic N) is 1. The normalized spacial score (nSPS) is 18.8. The molecule has 2 rings (SSSR count). The first-order valence-electron chi connectivity index (χ1n) is 5.36. The van der Waals surface area contributed by atoms with Gasteiger partial charge in [-0.2, -0.15) is 8.42 Å². The molecule has 1 aliphatic heterocycles. The predicted molar refractivity (Wildman–Crippen MR) is 63.0 cm³/mol. The Balaban J connectivity index is 1.91. The van der Waals surface area contributed by atoms with Gasteiger partial charge in [-0.1, -0.05) is 0 Å². The van der Waals surface area contributed by atoms with Gasteiger partial charge in [0.2, 0.25) is 5.91 Å². The molecule has 20 heavy (non-hydrogen) atoms. The molecule has 1 fully saturated rings. The number of carbonyl (C=O) groups excluding carboxylic acids is 2. The van der Waals surface area contributed by atoms with Crippen LogP contribution in [0.25, 0.3) is 0 Å². The molecule has 0 aliphatic carbocycles. The quantitative estimate of drug-likeness (QED) is 0.320. The third-order valence-electron chi connectivity index (χ3n) is 2.72. The maximum Gasteiger partial charge on any atom is 0.362 e. The van der Waals surface area contributed by atoms with Crippen LogP contribution in [-0.2, 0) is 26.3 Å². The number of hydrogen-bond acceptors (Lipinski definition) is 6. The molecule has 2 heterocycles. The summed E-state index contributed by atoms with van der Waals surface area (Å²) in [6, 6.07) is 0.0984. The Morgan fingerprint density at radius 3 is 2.60 bits per heavy atom. The third kappa shape index (κ3) is 2.67. The van der Waals surface area contributed by atoms with Crippen molar-refractivity contribution in [3.05, 3.63) is 11.6 Å². The van der Waals surface area contributed by atoms with Gasteiger partial charge in [0.1, 0.15) is 6.04 Å². The molecule has 1 aromatic heterocycles. The summed E-state index contributed by atoms with van der Waals surface area (Å²) in [5.74, 6) is -2.28. The number of aromatic amines is 1. The number of rotatable bonds is 4. The lowest BCUT2D eigenvalue weighted by Gasteiger charge is -2.35. The van der Waals surface area contributed by atoms with Crippen LogP contribution in [0.1, 0.15) is 5.56 Å². The number of aromatic hydroxyl groups is 2. The molecule has 1 saturated heterocycles. The van der Waals surface area contributed by atoms with Gasteiger partial charge in [0.05, 0.1) is 13.0 Å². The molecule has 5 N–H and O–H groups in total. The second kappa shape index (κ2) is 4.68. The van der Waals surface area contributed by atoms with Crippen LogP contribution in [0.2, 0.25) is 0 Å². The highest BCUT2D eigenvalue weighted by molar-refractivity contribution is 7.84. The first-order valence-corrected chi connectivity index (χ1v) is 6.76. The molecule has 1 unspecified atom stereocenters. The van der Waals surface area contributed by atoms with Crippen molar-refractivity contribution in [3.63, 3.8) is 0 Å². The summed E-state index contributed by atoms with van der Waals surface area (Å²) in [5.41, 5.74) is 0.124. The highest BCUT2D eigenvalue weighted by Crippen LogP contribution is 2.22. The Kier molecular flexibility index (Phi) is 3.31. The molecular weight excluding hydrogens is 294 g/mol. The Hall–Kier alpha value is -2.27. The molecule has 1 aromatic rings. The average molecular weight is 305 g/mol. The molecule has 1 atom stereocenters. The highest BCUT2D eigenvalue weighted by Gasteiger charge is 2.44. The van der Waals surface area contributed by atoms with Crippen LogP contribution in [0.15, 0.2) is 6.07 Å². The van der Waals surface area contributed by atoms with Crippen molar-refractivity contribution in [2.75, 3.05) is 6.54 Å². The van der Waals surface area contributed by atoms with Crippen LogP contribution in [0, 0.1) is 0 Å². The second-order valence-electron chi connectivity index (χ2n) is 4.17. The average Bonchev–Trinajstić information content (AvgIpc) is 2.60. The summed E-state index contributed by atoms with van der Waals surface area (Å²) < 4.78 is 30.2. The summed E-state index contributed by atoms with van der Waals surface area (Å²) in [6.45, 7) is -0.353. The topological polar surface area (TPSA) is 160 Å². The number of amides is 2. The van der Waals surface area contributed by atoms with Crippen LogP contribution in [0.5, 0.6) is 11.8 Å². The summed E-state index contributed by atoms with van der Waals surface area (Å²) in [6.07, 6.45) is -0.307. The molecule has 0 radical (unpaired) electrons. The number of carbonyl (C=O) groups is 2. The van der Waals surface area contributed by atoms with Gasteiger partial charge < -0.3 is 15.5 Å². The van der Waals surface area contributed by atoms with Crippen molar-refractivity contribution in [2.24, 2.45) is 0 Å². The van der Waals surface area contributed by atoms with Crippen LogP contribution in [-0.4, -0.2) is 56.9 Å². The van der Waals surface area contributed by atoms with Gasteiger partial charge in [0.25, 0.3) is 5.91 Å². The summed E-state index contributed by atoms with van der Waals surface area (Å²) in [7, 11) is -4.59. The SMILES string of the molecule is O=C(Cc1cc(O)[nH]c1O)NC1CN(S(=O)(=O)O)C1=O. The molecule has 0 aromatic carbocycles. The zero-order valence-electron chi connectivity index (χ0n) is 9.90. The molecule has 0 saturated carbocycles. The molecule has 1 aliphatic rings. The van der Waals surface area contributed by atoms with E-state index in [0.717, 1.165) is 6.07 Å². The zero-order valence-corrected chi connectivity index (χ0v) is 10.7. The standard InChI is InChI=1S/C9H11N3O7S/c13-6(1-4-2-7(14)11-8(4)15)10-5-3-12(9(5)16)20(17,18)19/h2,5,11,14-15H,1,3H2,(H,10,13)(H,17,18,19). The molecule has 0 spiro atoms. The van der Waals surface area contributed by atoms with Gasteiger partial charge in [0.15, 0.2) is 11.8 Å². The van der Waals surface area contributed by atoms with E-state index in [1.54, 1.807) is 0 Å². The minimum Gasteiger partial charge on any atom is -0.495 e. The molecule has 0 bridgehead atoms. The largest absolute Gasteiger partial charge is 0.495 e. The molecular formula is C9H11N3O7S. The lowest BCUT2D eigenvalue weighted by molar-refractivity contribution is -0.140. The predicted octanol–water partition coefficient (Wildman–Crippen LogP) is -1.90. The monoisotopic (exact) mass is 305 g/mol. The van der Waals surface area contributed by atoms with E-state index in [1.807, 2.05) is 0 Å². The van der Waals surface area contributed by atoms with E-state index in [1.165, 1.54) is 0 Å². The fraction of sp³-hybridized carbons (Fsp3) is 0.333. The molecule has 11 heteroatoms. The summed E-state index contributed by atoms with van der Waals surface area (Å²) in [4.78, 5) is 25.1. The van der Waals surface area contributed by atoms with E-state index in [9.17, 15) is 23.1 Å². The lowest BCUT2D eigenvalue weighted by atomic mass is 10.1. The fourth-order valence-electron chi connectivity index (χ4n) is 1.73. The van der Waals surface area contributed by atoms with Crippen LogP contribution in [0.3, 0.4) is 0 Å². The number of nitrogens with one attached hydrogen (secondary N) is 2. The summed E-state index contributed by atoms with van der Waals surface area (Å²) in [5, 5.41) is 20.6.